The number of amides is 1. The molecule has 0 spiro atoms. The van der Waals surface area contributed by atoms with Crippen LogP contribution in [0, 0.1) is 0 Å². The van der Waals surface area contributed by atoms with E-state index in [4.69, 9.17) is 5.11 Å². The average molecular weight is 283 g/mol. The number of nitrogens with one attached hydrogen (secondary N) is 1. The van der Waals surface area contributed by atoms with Crippen LogP contribution in [-0.4, -0.2) is 34.2 Å². The molecule has 104 valence electrons. The van der Waals surface area contributed by atoms with Crippen LogP contribution in [0.15, 0.2) is 12.1 Å². The molecule has 1 aromatic rings. The van der Waals surface area contributed by atoms with Crippen LogP contribution >= 0.6 is 11.3 Å². The standard InChI is InChI=1S/C13H17NO4S/c15-9-5-3-1-2-4-8(9)14-12(16)10-6-7-11(19-10)13(17)18/h6-9,15H,1-5H2,(H,14,16)(H,17,18). The number of aromatic carboxylic acids is 1. The van der Waals surface area contributed by atoms with Gasteiger partial charge in [0, 0.05) is 0 Å². The second kappa shape index (κ2) is 6.16. The molecule has 1 amide bonds. The van der Waals surface area contributed by atoms with Crippen molar-refractivity contribution in [3.05, 3.63) is 21.9 Å². The molecule has 2 rings (SSSR count). The number of carbonyl (C=O) groups is 2. The van der Waals surface area contributed by atoms with E-state index in [2.05, 4.69) is 5.32 Å². The molecule has 0 radical (unpaired) electrons. The summed E-state index contributed by atoms with van der Waals surface area (Å²) in [5, 5.41) is 21.6. The molecule has 1 aromatic heterocycles. The molecule has 0 aromatic carbocycles. The van der Waals surface area contributed by atoms with Crippen LogP contribution in [0.3, 0.4) is 0 Å². The lowest BCUT2D eigenvalue weighted by molar-refractivity contribution is 0.0702. The van der Waals surface area contributed by atoms with E-state index < -0.39 is 12.1 Å². The molecule has 0 aliphatic heterocycles. The van der Waals surface area contributed by atoms with Crippen LogP contribution in [0.25, 0.3) is 0 Å². The zero-order chi connectivity index (χ0) is 13.8. The van der Waals surface area contributed by atoms with Crippen molar-refractivity contribution >= 4 is 23.2 Å². The van der Waals surface area contributed by atoms with E-state index >= 15 is 0 Å². The number of thiophene rings is 1. The van der Waals surface area contributed by atoms with Crippen molar-refractivity contribution < 1.29 is 19.8 Å². The molecule has 1 aliphatic rings. The molecule has 2 atom stereocenters. The Hall–Kier alpha value is -1.40. The van der Waals surface area contributed by atoms with Gasteiger partial charge in [0.2, 0.25) is 0 Å². The highest BCUT2D eigenvalue weighted by Crippen LogP contribution is 2.20. The molecule has 5 nitrogen and oxygen atoms in total. The first kappa shape index (κ1) is 14.0. The van der Waals surface area contributed by atoms with Gasteiger partial charge in [0.05, 0.1) is 17.0 Å². The second-order valence-electron chi connectivity index (χ2n) is 4.75. The highest BCUT2D eigenvalue weighted by Gasteiger charge is 2.24. The summed E-state index contributed by atoms with van der Waals surface area (Å²) in [4.78, 5) is 23.3. The van der Waals surface area contributed by atoms with Gasteiger partial charge in [-0.25, -0.2) is 4.79 Å². The minimum Gasteiger partial charge on any atom is -0.477 e. The zero-order valence-corrected chi connectivity index (χ0v) is 11.3. The molecule has 1 fully saturated rings. The Morgan fingerprint density at radius 2 is 1.84 bits per heavy atom. The highest BCUT2D eigenvalue weighted by atomic mass is 32.1. The predicted octanol–water partition coefficient (Wildman–Crippen LogP) is 1.87. The van der Waals surface area contributed by atoms with Gasteiger partial charge in [-0.1, -0.05) is 19.3 Å². The van der Waals surface area contributed by atoms with E-state index in [1.165, 1.54) is 12.1 Å². The van der Waals surface area contributed by atoms with Crippen molar-refractivity contribution in [2.75, 3.05) is 0 Å². The number of aliphatic hydroxyl groups is 1. The van der Waals surface area contributed by atoms with E-state index in [1.807, 2.05) is 0 Å². The van der Waals surface area contributed by atoms with Crippen LogP contribution in [0.1, 0.15) is 51.4 Å². The Morgan fingerprint density at radius 3 is 2.53 bits per heavy atom. The quantitative estimate of drug-likeness (QED) is 0.739. The maximum Gasteiger partial charge on any atom is 0.345 e. The highest BCUT2D eigenvalue weighted by molar-refractivity contribution is 7.15. The van der Waals surface area contributed by atoms with Gasteiger partial charge in [0.1, 0.15) is 4.88 Å². The van der Waals surface area contributed by atoms with Crippen molar-refractivity contribution in [2.45, 2.75) is 44.2 Å². The molecule has 0 bridgehead atoms. The van der Waals surface area contributed by atoms with Gasteiger partial charge in [-0.3, -0.25) is 4.79 Å². The number of carboxylic acids is 1. The summed E-state index contributed by atoms with van der Waals surface area (Å²) < 4.78 is 0. The van der Waals surface area contributed by atoms with Crippen LogP contribution in [0.2, 0.25) is 0 Å². The lowest BCUT2D eigenvalue weighted by atomic mass is 10.1. The van der Waals surface area contributed by atoms with E-state index in [0.29, 0.717) is 11.3 Å². The minimum absolute atomic E-state index is 0.145. The van der Waals surface area contributed by atoms with Gasteiger partial charge >= 0.3 is 5.97 Å². The monoisotopic (exact) mass is 283 g/mol. The SMILES string of the molecule is O=C(O)c1ccc(C(=O)NC2CCCCCC2O)s1. The molecular weight excluding hydrogens is 266 g/mol. The lowest BCUT2D eigenvalue weighted by Crippen LogP contribution is -2.42. The summed E-state index contributed by atoms with van der Waals surface area (Å²) in [5.41, 5.74) is 0. The average Bonchev–Trinajstić information content (AvgIpc) is 2.78. The zero-order valence-electron chi connectivity index (χ0n) is 10.5. The fourth-order valence-electron chi connectivity index (χ4n) is 2.27. The number of hydrogen-bond donors (Lipinski definition) is 3. The molecule has 1 heterocycles. The first-order chi connectivity index (χ1) is 9.08. The van der Waals surface area contributed by atoms with Crippen molar-refractivity contribution in [1.82, 2.24) is 5.32 Å². The van der Waals surface area contributed by atoms with E-state index in [0.717, 1.165) is 37.0 Å². The van der Waals surface area contributed by atoms with Gasteiger partial charge in [0.15, 0.2) is 0 Å². The third-order valence-electron chi connectivity index (χ3n) is 3.34. The molecule has 19 heavy (non-hydrogen) atoms. The molecule has 2 unspecified atom stereocenters. The van der Waals surface area contributed by atoms with Crippen molar-refractivity contribution in [3.63, 3.8) is 0 Å². The largest absolute Gasteiger partial charge is 0.477 e. The summed E-state index contributed by atoms with van der Waals surface area (Å²) in [5.74, 6) is -1.33. The molecule has 0 saturated heterocycles. The Bertz CT molecular complexity index is 471. The van der Waals surface area contributed by atoms with Crippen molar-refractivity contribution in [3.8, 4) is 0 Å². The third-order valence-corrected chi connectivity index (χ3v) is 4.41. The third kappa shape index (κ3) is 3.54. The predicted molar refractivity (Wildman–Crippen MR) is 71.6 cm³/mol. The number of carboxylic acid groups (broad SMARTS) is 1. The second-order valence-corrected chi connectivity index (χ2v) is 5.84. The maximum atomic E-state index is 12.0. The van der Waals surface area contributed by atoms with Gasteiger partial charge in [0.25, 0.3) is 5.91 Å². The Kier molecular flexibility index (Phi) is 4.55. The molecule has 3 N–H and O–H groups in total. The Balaban J connectivity index is 2.00. The molecule has 1 saturated carbocycles. The molecule has 1 aliphatic carbocycles. The number of carbonyl (C=O) groups excluding carboxylic acids is 1. The fraction of sp³-hybridized carbons (Fsp3) is 0.538. The van der Waals surface area contributed by atoms with Crippen LogP contribution in [-0.2, 0) is 0 Å². The molecular formula is C13H17NO4S. The lowest BCUT2D eigenvalue weighted by Gasteiger charge is -2.21. The van der Waals surface area contributed by atoms with E-state index in [9.17, 15) is 14.7 Å². The first-order valence-corrected chi connectivity index (χ1v) is 7.21. The first-order valence-electron chi connectivity index (χ1n) is 6.40. The van der Waals surface area contributed by atoms with Crippen molar-refractivity contribution in [1.29, 1.82) is 0 Å². The summed E-state index contributed by atoms with van der Waals surface area (Å²) in [7, 11) is 0. The minimum atomic E-state index is -1.03. The number of hydrogen-bond acceptors (Lipinski definition) is 4. The van der Waals surface area contributed by atoms with Gasteiger partial charge in [-0.15, -0.1) is 11.3 Å². The fourth-order valence-corrected chi connectivity index (χ4v) is 3.02. The van der Waals surface area contributed by atoms with Crippen LogP contribution < -0.4 is 5.32 Å². The normalized spacial score (nSPS) is 23.6. The Labute approximate surface area is 115 Å². The summed E-state index contributed by atoms with van der Waals surface area (Å²) in [6.45, 7) is 0. The summed E-state index contributed by atoms with van der Waals surface area (Å²) in [6, 6.07) is 2.70. The van der Waals surface area contributed by atoms with Crippen LogP contribution in [0.5, 0.6) is 0 Å². The summed E-state index contributed by atoms with van der Waals surface area (Å²) >= 11 is 0.951. The topological polar surface area (TPSA) is 86.6 Å². The van der Waals surface area contributed by atoms with E-state index in [1.54, 1.807) is 0 Å². The van der Waals surface area contributed by atoms with Gasteiger partial charge in [-0.05, 0) is 25.0 Å². The van der Waals surface area contributed by atoms with Gasteiger partial charge in [-0.2, -0.15) is 0 Å². The van der Waals surface area contributed by atoms with Gasteiger partial charge < -0.3 is 15.5 Å². The molecule has 6 heteroatoms. The van der Waals surface area contributed by atoms with Crippen LogP contribution in [0.4, 0.5) is 0 Å². The van der Waals surface area contributed by atoms with E-state index in [-0.39, 0.29) is 16.8 Å². The number of rotatable bonds is 3. The summed E-state index contributed by atoms with van der Waals surface area (Å²) in [6.07, 6.45) is 4.01. The van der Waals surface area contributed by atoms with Crippen molar-refractivity contribution in [2.24, 2.45) is 0 Å². The smallest absolute Gasteiger partial charge is 0.345 e. The Morgan fingerprint density at radius 1 is 1.16 bits per heavy atom. The number of aliphatic hydroxyl groups excluding tert-OH is 1. The maximum absolute atomic E-state index is 12.0.